The smallest absolute Gasteiger partial charge is 0.140 e. The van der Waals surface area contributed by atoms with Gasteiger partial charge in [0.2, 0.25) is 0 Å². The fourth-order valence-electron chi connectivity index (χ4n) is 2.46. The molecule has 0 saturated carbocycles. The first kappa shape index (κ1) is 13.7. The molecule has 1 saturated heterocycles. The second kappa shape index (κ2) is 5.31. The highest BCUT2D eigenvalue weighted by Gasteiger charge is 2.37. The molecule has 1 rings (SSSR count). The van der Waals surface area contributed by atoms with Crippen molar-refractivity contribution in [1.29, 1.82) is 0 Å². The Kier molecular flexibility index (Phi) is 4.54. The number of carbonyl (C=O) groups is 1. The lowest BCUT2D eigenvalue weighted by Crippen LogP contribution is -2.45. The lowest BCUT2D eigenvalue weighted by atomic mass is 9.72. The number of Topliss-reactive ketones (excluding diaryl/α,β-unsaturated/α-hetero) is 1. The van der Waals surface area contributed by atoms with Crippen molar-refractivity contribution < 1.29 is 4.79 Å². The van der Waals surface area contributed by atoms with Gasteiger partial charge in [0.15, 0.2) is 0 Å². The Morgan fingerprint density at radius 1 is 1.38 bits per heavy atom. The minimum absolute atomic E-state index is 0.0521. The minimum Gasteiger partial charge on any atom is -0.316 e. The van der Waals surface area contributed by atoms with Gasteiger partial charge in [-0.3, -0.25) is 4.79 Å². The molecule has 1 aliphatic heterocycles. The molecular formula is C14H27NO. The van der Waals surface area contributed by atoms with E-state index in [9.17, 15) is 4.79 Å². The predicted octanol–water partition coefficient (Wildman–Crippen LogP) is 3.16. The molecule has 1 atom stereocenters. The molecule has 0 aromatic rings. The topological polar surface area (TPSA) is 29.1 Å². The number of piperidine rings is 1. The quantitative estimate of drug-likeness (QED) is 0.796. The Bertz CT molecular complexity index is 234. The van der Waals surface area contributed by atoms with E-state index in [4.69, 9.17) is 0 Å². The Hall–Kier alpha value is -0.370. The van der Waals surface area contributed by atoms with Gasteiger partial charge >= 0.3 is 0 Å². The Labute approximate surface area is 100 Å². The number of ketones is 1. The molecule has 0 spiro atoms. The lowest BCUT2D eigenvalue weighted by Gasteiger charge is -2.36. The maximum absolute atomic E-state index is 12.4. The van der Waals surface area contributed by atoms with Crippen LogP contribution in [0.5, 0.6) is 0 Å². The summed E-state index contributed by atoms with van der Waals surface area (Å²) in [5, 5.41) is 3.38. The van der Waals surface area contributed by atoms with Crippen LogP contribution >= 0.6 is 0 Å². The largest absolute Gasteiger partial charge is 0.316 e. The zero-order chi connectivity index (χ0) is 12.2. The van der Waals surface area contributed by atoms with Crippen LogP contribution in [0.1, 0.15) is 59.8 Å². The fraction of sp³-hybridized carbons (Fsp3) is 0.929. The van der Waals surface area contributed by atoms with Crippen molar-refractivity contribution in [3.05, 3.63) is 0 Å². The van der Waals surface area contributed by atoms with Crippen LogP contribution in [-0.2, 0) is 4.79 Å². The van der Waals surface area contributed by atoms with Crippen LogP contribution in [0, 0.1) is 10.8 Å². The van der Waals surface area contributed by atoms with E-state index in [1.165, 1.54) is 0 Å². The predicted molar refractivity (Wildman–Crippen MR) is 68.5 cm³/mol. The third-order valence-corrected chi connectivity index (χ3v) is 3.84. The first-order valence-corrected chi connectivity index (χ1v) is 6.64. The molecule has 2 nitrogen and oxygen atoms in total. The first-order valence-electron chi connectivity index (χ1n) is 6.64. The van der Waals surface area contributed by atoms with Crippen molar-refractivity contribution in [3.63, 3.8) is 0 Å². The monoisotopic (exact) mass is 225 g/mol. The van der Waals surface area contributed by atoms with Gasteiger partial charge in [-0.15, -0.1) is 0 Å². The van der Waals surface area contributed by atoms with Crippen molar-refractivity contribution in [3.8, 4) is 0 Å². The molecule has 0 radical (unpaired) electrons. The maximum Gasteiger partial charge on any atom is 0.140 e. The molecule has 0 amide bonds. The van der Waals surface area contributed by atoms with Crippen LogP contribution in [0.4, 0.5) is 0 Å². The average molecular weight is 225 g/mol. The summed E-state index contributed by atoms with van der Waals surface area (Å²) in [6.07, 6.45) is 4.98. The van der Waals surface area contributed by atoms with E-state index in [-0.39, 0.29) is 10.8 Å². The first-order chi connectivity index (χ1) is 7.40. The highest BCUT2D eigenvalue weighted by atomic mass is 16.1. The Morgan fingerprint density at radius 3 is 2.50 bits per heavy atom. The van der Waals surface area contributed by atoms with E-state index in [1.807, 2.05) is 0 Å². The summed E-state index contributed by atoms with van der Waals surface area (Å²) in [6.45, 7) is 10.7. The molecule has 1 N–H and O–H groups in total. The van der Waals surface area contributed by atoms with Crippen molar-refractivity contribution in [1.82, 2.24) is 5.32 Å². The molecule has 1 fully saturated rings. The van der Waals surface area contributed by atoms with Gasteiger partial charge in [0, 0.05) is 18.4 Å². The van der Waals surface area contributed by atoms with Gasteiger partial charge in [0.25, 0.3) is 0 Å². The van der Waals surface area contributed by atoms with Crippen LogP contribution < -0.4 is 5.32 Å². The fourth-order valence-corrected chi connectivity index (χ4v) is 2.46. The average Bonchev–Trinajstić information content (AvgIpc) is 2.25. The number of carbonyl (C=O) groups excluding carboxylic acids is 1. The Balaban J connectivity index is 2.55. The molecule has 0 aliphatic carbocycles. The highest BCUT2D eigenvalue weighted by Crippen LogP contribution is 2.34. The number of nitrogens with one attached hydrogen (secondary N) is 1. The zero-order valence-electron chi connectivity index (χ0n) is 11.4. The molecule has 0 bridgehead atoms. The second-order valence-electron chi connectivity index (χ2n) is 6.40. The van der Waals surface area contributed by atoms with Gasteiger partial charge in [-0.2, -0.15) is 0 Å². The van der Waals surface area contributed by atoms with E-state index in [1.54, 1.807) is 0 Å². The number of rotatable bonds is 4. The SMILES string of the molecule is CCC1(C(=O)CCC(C)(C)C)CCCNC1. The molecule has 2 heteroatoms. The van der Waals surface area contributed by atoms with Crippen LogP contribution in [0.3, 0.4) is 0 Å². The summed E-state index contributed by atoms with van der Waals surface area (Å²) >= 11 is 0. The standard InChI is InChI=1S/C14H27NO/c1-5-14(8-6-10-15-11-14)12(16)7-9-13(2,3)4/h15H,5-11H2,1-4H3. The van der Waals surface area contributed by atoms with Crippen molar-refractivity contribution in [2.45, 2.75) is 59.8 Å². The minimum atomic E-state index is -0.0521. The summed E-state index contributed by atoms with van der Waals surface area (Å²) in [6, 6.07) is 0. The van der Waals surface area contributed by atoms with Crippen LogP contribution in [0.2, 0.25) is 0 Å². The van der Waals surface area contributed by atoms with Gasteiger partial charge < -0.3 is 5.32 Å². The van der Waals surface area contributed by atoms with Gasteiger partial charge in [0.05, 0.1) is 0 Å². The number of hydrogen-bond donors (Lipinski definition) is 1. The molecule has 0 aromatic carbocycles. The molecule has 1 heterocycles. The van der Waals surface area contributed by atoms with E-state index in [0.29, 0.717) is 5.78 Å². The molecule has 1 aliphatic rings. The van der Waals surface area contributed by atoms with Crippen LogP contribution in [0.25, 0.3) is 0 Å². The van der Waals surface area contributed by atoms with Gasteiger partial charge in [0.1, 0.15) is 5.78 Å². The van der Waals surface area contributed by atoms with E-state index < -0.39 is 0 Å². The van der Waals surface area contributed by atoms with Crippen LogP contribution in [0.15, 0.2) is 0 Å². The normalized spacial score (nSPS) is 26.8. The third kappa shape index (κ3) is 3.58. The molecule has 94 valence electrons. The summed E-state index contributed by atoms with van der Waals surface area (Å²) in [5.41, 5.74) is 0.218. The van der Waals surface area contributed by atoms with E-state index >= 15 is 0 Å². The van der Waals surface area contributed by atoms with Gasteiger partial charge in [-0.25, -0.2) is 0 Å². The highest BCUT2D eigenvalue weighted by molar-refractivity contribution is 5.85. The molecular weight excluding hydrogens is 198 g/mol. The van der Waals surface area contributed by atoms with Crippen molar-refractivity contribution in [2.75, 3.05) is 13.1 Å². The summed E-state index contributed by atoms with van der Waals surface area (Å²) < 4.78 is 0. The molecule has 0 aromatic heterocycles. The third-order valence-electron chi connectivity index (χ3n) is 3.84. The number of hydrogen-bond acceptors (Lipinski definition) is 2. The van der Waals surface area contributed by atoms with Gasteiger partial charge in [-0.1, -0.05) is 27.7 Å². The maximum atomic E-state index is 12.4. The van der Waals surface area contributed by atoms with Gasteiger partial charge in [-0.05, 0) is 37.6 Å². The summed E-state index contributed by atoms with van der Waals surface area (Å²) in [5.74, 6) is 0.483. The summed E-state index contributed by atoms with van der Waals surface area (Å²) in [7, 11) is 0. The van der Waals surface area contributed by atoms with Crippen LogP contribution in [-0.4, -0.2) is 18.9 Å². The van der Waals surface area contributed by atoms with Crippen molar-refractivity contribution >= 4 is 5.78 Å². The summed E-state index contributed by atoms with van der Waals surface area (Å²) in [4.78, 5) is 12.4. The molecule has 1 unspecified atom stereocenters. The van der Waals surface area contributed by atoms with E-state index in [0.717, 1.165) is 45.2 Å². The second-order valence-corrected chi connectivity index (χ2v) is 6.40. The zero-order valence-corrected chi connectivity index (χ0v) is 11.4. The molecule has 16 heavy (non-hydrogen) atoms. The Morgan fingerprint density at radius 2 is 2.06 bits per heavy atom. The van der Waals surface area contributed by atoms with Crippen molar-refractivity contribution in [2.24, 2.45) is 10.8 Å². The lowest BCUT2D eigenvalue weighted by molar-refractivity contribution is -0.130. The van der Waals surface area contributed by atoms with E-state index in [2.05, 4.69) is 33.0 Å².